The molecule has 1 heterocycles. The van der Waals surface area contributed by atoms with Crippen LogP contribution in [-0.2, 0) is 19.1 Å². The molecule has 2 aliphatic rings. The van der Waals surface area contributed by atoms with Gasteiger partial charge in [-0.05, 0) is 57.2 Å². The molecule has 1 aromatic carbocycles. The summed E-state index contributed by atoms with van der Waals surface area (Å²) < 4.78 is 5.10. The average molecular weight is 408 g/mol. The van der Waals surface area contributed by atoms with Gasteiger partial charge in [0.05, 0.1) is 0 Å². The molecule has 2 atom stereocenters. The van der Waals surface area contributed by atoms with E-state index in [1.54, 1.807) is 32.0 Å². The van der Waals surface area contributed by atoms with Crippen molar-refractivity contribution in [2.24, 2.45) is 5.92 Å². The van der Waals surface area contributed by atoms with Gasteiger partial charge in [0, 0.05) is 10.7 Å². The molecule has 1 saturated carbocycles. The molecular formula is C19H22ClN3O5. The minimum absolute atomic E-state index is 0.0932. The minimum atomic E-state index is -1.11. The third-order valence-corrected chi connectivity index (χ3v) is 5.35. The van der Waals surface area contributed by atoms with Crippen LogP contribution >= 0.6 is 11.6 Å². The van der Waals surface area contributed by atoms with Crippen LogP contribution in [0.25, 0.3) is 0 Å². The highest BCUT2D eigenvalue weighted by atomic mass is 35.5. The van der Waals surface area contributed by atoms with E-state index in [-0.39, 0.29) is 5.92 Å². The quantitative estimate of drug-likeness (QED) is 0.555. The number of aryl methyl sites for hydroxylation is 1. The van der Waals surface area contributed by atoms with E-state index in [0.717, 1.165) is 23.3 Å². The number of imide groups is 1. The predicted molar refractivity (Wildman–Crippen MR) is 102 cm³/mol. The molecule has 9 heteroatoms. The Balaban J connectivity index is 1.57. The van der Waals surface area contributed by atoms with Crippen molar-refractivity contribution in [1.29, 1.82) is 0 Å². The second kappa shape index (κ2) is 7.43. The molecule has 1 aliphatic heterocycles. The van der Waals surface area contributed by atoms with Crippen molar-refractivity contribution < 1.29 is 23.9 Å². The SMILES string of the molecule is Cc1ccc(Cl)cc1NC(=O)[C@H](C)OC(=O)CN1C(=O)N[C@@](C)(C2CC2)C1=O. The normalized spacial score (nSPS) is 22.6. The second-order valence-corrected chi connectivity index (χ2v) is 7.82. The number of nitrogens with one attached hydrogen (secondary N) is 2. The van der Waals surface area contributed by atoms with Gasteiger partial charge in [0.15, 0.2) is 6.10 Å². The smallest absolute Gasteiger partial charge is 0.327 e. The van der Waals surface area contributed by atoms with Crippen LogP contribution < -0.4 is 10.6 Å². The first kappa shape index (κ1) is 20.1. The van der Waals surface area contributed by atoms with E-state index in [2.05, 4.69) is 10.6 Å². The van der Waals surface area contributed by atoms with Crippen LogP contribution in [0.1, 0.15) is 32.3 Å². The van der Waals surface area contributed by atoms with Gasteiger partial charge in [-0.2, -0.15) is 0 Å². The molecule has 150 valence electrons. The van der Waals surface area contributed by atoms with E-state index in [0.29, 0.717) is 10.7 Å². The van der Waals surface area contributed by atoms with Crippen molar-refractivity contribution in [2.45, 2.75) is 45.3 Å². The number of benzene rings is 1. The molecule has 0 radical (unpaired) electrons. The fourth-order valence-corrected chi connectivity index (χ4v) is 3.35. The van der Waals surface area contributed by atoms with Crippen molar-refractivity contribution in [2.75, 3.05) is 11.9 Å². The number of hydrogen-bond acceptors (Lipinski definition) is 5. The van der Waals surface area contributed by atoms with E-state index in [9.17, 15) is 19.2 Å². The molecule has 2 N–H and O–H groups in total. The van der Waals surface area contributed by atoms with Gasteiger partial charge in [0.1, 0.15) is 12.1 Å². The Morgan fingerprint density at radius 3 is 2.71 bits per heavy atom. The summed E-state index contributed by atoms with van der Waals surface area (Å²) in [7, 11) is 0. The summed E-state index contributed by atoms with van der Waals surface area (Å²) in [6, 6.07) is 4.42. The molecule has 0 spiro atoms. The van der Waals surface area contributed by atoms with Crippen LogP contribution in [0.3, 0.4) is 0 Å². The molecule has 0 aromatic heterocycles. The number of urea groups is 1. The fraction of sp³-hybridized carbons (Fsp3) is 0.474. The Morgan fingerprint density at radius 2 is 2.07 bits per heavy atom. The number of amides is 4. The lowest BCUT2D eigenvalue weighted by Gasteiger charge is -2.21. The largest absolute Gasteiger partial charge is 0.451 e. The summed E-state index contributed by atoms with van der Waals surface area (Å²) in [6.07, 6.45) is 0.614. The minimum Gasteiger partial charge on any atom is -0.451 e. The molecule has 1 saturated heterocycles. The van der Waals surface area contributed by atoms with Gasteiger partial charge in [0.2, 0.25) is 0 Å². The summed E-state index contributed by atoms with van der Waals surface area (Å²) in [5.41, 5.74) is 0.342. The third kappa shape index (κ3) is 3.96. The zero-order valence-electron chi connectivity index (χ0n) is 15.9. The van der Waals surface area contributed by atoms with Crippen molar-refractivity contribution in [3.63, 3.8) is 0 Å². The lowest BCUT2D eigenvalue weighted by molar-refractivity contribution is -0.155. The summed E-state index contributed by atoms with van der Waals surface area (Å²) in [5, 5.41) is 5.76. The van der Waals surface area contributed by atoms with Crippen LogP contribution in [0.15, 0.2) is 18.2 Å². The summed E-state index contributed by atoms with van der Waals surface area (Å²) >= 11 is 5.92. The standard InChI is InChI=1S/C19H22ClN3O5/c1-10-4-7-13(20)8-14(10)21-16(25)11(2)28-15(24)9-23-17(26)19(3,12-5-6-12)22-18(23)27/h4,7-8,11-12H,5-6,9H2,1-3H3,(H,21,25)(H,22,27)/t11-,19-/m0/s1. The van der Waals surface area contributed by atoms with E-state index < -0.39 is 42.0 Å². The second-order valence-electron chi connectivity index (χ2n) is 7.38. The number of hydrogen-bond donors (Lipinski definition) is 2. The molecule has 3 rings (SSSR count). The van der Waals surface area contributed by atoms with Gasteiger partial charge in [0.25, 0.3) is 11.8 Å². The van der Waals surface area contributed by atoms with Gasteiger partial charge >= 0.3 is 12.0 Å². The first-order valence-corrected chi connectivity index (χ1v) is 9.40. The molecule has 1 aliphatic carbocycles. The Labute approximate surface area is 167 Å². The van der Waals surface area contributed by atoms with Crippen LogP contribution in [0.2, 0.25) is 5.02 Å². The molecular weight excluding hydrogens is 386 g/mol. The summed E-state index contributed by atoms with van der Waals surface area (Å²) in [4.78, 5) is 49.9. The molecule has 4 amide bonds. The molecule has 2 fully saturated rings. The van der Waals surface area contributed by atoms with Gasteiger partial charge in [-0.1, -0.05) is 17.7 Å². The summed E-state index contributed by atoms with van der Waals surface area (Å²) in [5.74, 6) is -1.73. The molecule has 8 nitrogen and oxygen atoms in total. The number of esters is 1. The van der Waals surface area contributed by atoms with Crippen molar-refractivity contribution in [3.8, 4) is 0 Å². The Morgan fingerprint density at radius 1 is 1.39 bits per heavy atom. The number of rotatable bonds is 6. The maximum atomic E-state index is 12.5. The molecule has 1 aromatic rings. The van der Waals surface area contributed by atoms with E-state index in [4.69, 9.17) is 16.3 Å². The van der Waals surface area contributed by atoms with Crippen LogP contribution in [0, 0.1) is 12.8 Å². The predicted octanol–water partition coefficient (Wildman–Crippen LogP) is 2.24. The summed E-state index contributed by atoms with van der Waals surface area (Å²) in [6.45, 7) is 4.34. The maximum absolute atomic E-state index is 12.5. The number of halogens is 1. The van der Waals surface area contributed by atoms with Crippen molar-refractivity contribution in [3.05, 3.63) is 28.8 Å². The van der Waals surface area contributed by atoms with Crippen LogP contribution in [-0.4, -0.2) is 46.9 Å². The zero-order chi connectivity index (χ0) is 20.6. The highest BCUT2D eigenvalue weighted by Gasteiger charge is 2.56. The number of anilines is 1. The highest BCUT2D eigenvalue weighted by molar-refractivity contribution is 6.31. The molecule has 0 bridgehead atoms. The Hall–Kier alpha value is -2.61. The lowest BCUT2D eigenvalue weighted by Crippen LogP contribution is -2.46. The van der Waals surface area contributed by atoms with Crippen molar-refractivity contribution >= 4 is 41.1 Å². The molecule has 28 heavy (non-hydrogen) atoms. The average Bonchev–Trinajstić information content (AvgIpc) is 3.44. The monoisotopic (exact) mass is 407 g/mol. The Bertz CT molecular complexity index is 854. The first-order chi connectivity index (χ1) is 13.1. The van der Waals surface area contributed by atoms with Crippen LogP contribution in [0.4, 0.5) is 10.5 Å². The van der Waals surface area contributed by atoms with Gasteiger partial charge in [-0.15, -0.1) is 0 Å². The van der Waals surface area contributed by atoms with Crippen molar-refractivity contribution in [1.82, 2.24) is 10.2 Å². The number of carbonyl (C=O) groups excluding carboxylic acids is 4. The van der Waals surface area contributed by atoms with E-state index >= 15 is 0 Å². The zero-order valence-corrected chi connectivity index (χ0v) is 16.6. The number of nitrogens with zero attached hydrogens (tertiary/aromatic N) is 1. The Kier molecular flexibility index (Phi) is 5.34. The van der Waals surface area contributed by atoms with Gasteiger partial charge in [-0.25, -0.2) is 4.79 Å². The van der Waals surface area contributed by atoms with Gasteiger partial charge in [-0.3, -0.25) is 19.3 Å². The van der Waals surface area contributed by atoms with E-state index in [1.165, 1.54) is 6.92 Å². The molecule has 0 unspecified atom stereocenters. The topological polar surface area (TPSA) is 105 Å². The fourth-order valence-electron chi connectivity index (χ4n) is 3.18. The lowest BCUT2D eigenvalue weighted by atomic mass is 9.96. The third-order valence-electron chi connectivity index (χ3n) is 5.12. The van der Waals surface area contributed by atoms with Crippen LogP contribution in [0.5, 0.6) is 0 Å². The maximum Gasteiger partial charge on any atom is 0.327 e. The van der Waals surface area contributed by atoms with E-state index in [1.807, 2.05) is 0 Å². The number of ether oxygens (including phenoxy) is 1. The first-order valence-electron chi connectivity index (χ1n) is 9.02. The number of carbonyl (C=O) groups is 4. The highest BCUT2D eigenvalue weighted by Crippen LogP contribution is 2.42. The van der Waals surface area contributed by atoms with Gasteiger partial charge < -0.3 is 15.4 Å².